The van der Waals surface area contributed by atoms with Gasteiger partial charge in [0.2, 0.25) is 0 Å². The largest absolute Gasteiger partial charge is 0.504 e. The number of unbranched alkanes of at least 4 members (excludes halogenated alkanes) is 3. The van der Waals surface area contributed by atoms with E-state index in [1.165, 1.54) is 0 Å². The Morgan fingerprint density at radius 2 is 1.59 bits per heavy atom. The molecule has 4 nitrogen and oxygen atoms in total. The molecule has 0 unspecified atom stereocenters. The lowest BCUT2D eigenvalue weighted by molar-refractivity contribution is -0.137. The van der Waals surface area contributed by atoms with E-state index in [9.17, 15) is 15.0 Å². The molecule has 0 aromatic heterocycles. The zero-order valence-electron chi connectivity index (χ0n) is 12.8. The highest BCUT2D eigenvalue weighted by Gasteiger charge is 2.14. The summed E-state index contributed by atoms with van der Waals surface area (Å²) >= 11 is 0. The number of fused-ring (bicyclic) bond motifs is 1. The Bertz CT molecular complexity index is 676. The van der Waals surface area contributed by atoms with E-state index in [1.54, 1.807) is 6.07 Å². The van der Waals surface area contributed by atoms with Gasteiger partial charge in [-0.25, -0.2) is 0 Å². The maximum Gasteiger partial charge on any atom is 0.303 e. The van der Waals surface area contributed by atoms with Crippen molar-refractivity contribution in [1.29, 1.82) is 0 Å². The molecule has 0 amide bonds. The molecule has 118 valence electrons. The van der Waals surface area contributed by atoms with Gasteiger partial charge < -0.3 is 15.3 Å². The van der Waals surface area contributed by atoms with Gasteiger partial charge in [0.25, 0.3) is 0 Å². The van der Waals surface area contributed by atoms with E-state index in [0.717, 1.165) is 42.2 Å². The molecule has 22 heavy (non-hydrogen) atoms. The summed E-state index contributed by atoms with van der Waals surface area (Å²) in [5, 5.41) is 30.4. The second kappa shape index (κ2) is 7.16. The third-order valence-electron chi connectivity index (χ3n) is 4.11. The van der Waals surface area contributed by atoms with Crippen LogP contribution in [0.2, 0.25) is 0 Å². The van der Waals surface area contributed by atoms with Gasteiger partial charge in [0.1, 0.15) is 0 Å². The average molecular weight is 302 g/mol. The first-order chi connectivity index (χ1) is 10.5. The van der Waals surface area contributed by atoms with E-state index in [1.807, 2.05) is 25.1 Å². The Morgan fingerprint density at radius 1 is 0.955 bits per heavy atom. The first-order valence-corrected chi connectivity index (χ1v) is 7.66. The molecule has 0 spiro atoms. The highest BCUT2D eigenvalue weighted by Crippen LogP contribution is 2.40. The van der Waals surface area contributed by atoms with Crippen molar-refractivity contribution < 1.29 is 20.1 Å². The number of aryl methyl sites for hydroxylation is 1. The quantitative estimate of drug-likeness (QED) is 0.530. The van der Waals surface area contributed by atoms with Crippen LogP contribution in [0.5, 0.6) is 11.5 Å². The molecule has 0 saturated heterocycles. The Morgan fingerprint density at radius 3 is 2.27 bits per heavy atom. The summed E-state index contributed by atoms with van der Waals surface area (Å²) in [5.74, 6) is -0.844. The zero-order chi connectivity index (χ0) is 16.1. The number of hydrogen-bond acceptors (Lipinski definition) is 3. The van der Waals surface area contributed by atoms with E-state index in [-0.39, 0.29) is 17.9 Å². The zero-order valence-corrected chi connectivity index (χ0v) is 12.8. The van der Waals surface area contributed by atoms with Crippen molar-refractivity contribution in [2.24, 2.45) is 0 Å². The predicted molar refractivity (Wildman–Crippen MR) is 86.4 cm³/mol. The molecular formula is C18H22O4. The molecule has 0 aliphatic heterocycles. The van der Waals surface area contributed by atoms with Crippen LogP contribution < -0.4 is 0 Å². The van der Waals surface area contributed by atoms with Crippen LogP contribution in [0.4, 0.5) is 0 Å². The van der Waals surface area contributed by atoms with Crippen molar-refractivity contribution in [3.05, 3.63) is 35.4 Å². The number of aliphatic carboxylic acids is 1. The topological polar surface area (TPSA) is 77.8 Å². The third kappa shape index (κ3) is 3.50. The minimum Gasteiger partial charge on any atom is -0.504 e. The van der Waals surface area contributed by atoms with E-state index >= 15 is 0 Å². The molecule has 0 radical (unpaired) electrons. The second-order valence-corrected chi connectivity index (χ2v) is 5.65. The van der Waals surface area contributed by atoms with Gasteiger partial charge >= 0.3 is 5.97 Å². The fourth-order valence-corrected chi connectivity index (χ4v) is 2.86. The molecule has 0 heterocycles. The van der Waals surface area contributed by atoms with Crippen molar-refractivity contribution in [3.63, 3.8) is 0 Å². The standard InChI is InChI=1S/C18H22O4/c1-12-13(8-4-2-3-5-11-16(19)20)14-9-6-7-10-15(14)18(22)17(12)21/h6-7,9-10,21-22H,2-5,8,11H2,1H3,(H,19,20). The van der Waals surface area contributed by atoms with Crippen LogP contribution in [0.25, 0.3) is 10.8 Å². The number of carboxylic acids is 1. The maximum absolute atomic E-state index is 10.5. The van der Waals surface area contributed by atoms with E-state index < -0.39 is 5.97 Å². The minimum atomic E-state index is -0.745. The van der Waals surface area contributed by atoms with Crippen molar-refractivity contribution in [3.8, 4) is 11.5 Å². The van der Waals surface area contributed by atoms with Gasteiger partial charge in [-0.3, -0.25) is 4.79 Å². The molecule has 0 aliphatic carbocycles. The Hall–Kier alpha value is -2.23. The first kappa shape index (κ1) is 16.1. The van der Waals surface area contributed by atoms with Crippen LogP contribution >= 0.6 is 0 Å². The van der Waals surface area contributed by atoms with Crippen LogP contribution in [-0.4, -0.2) is 21.3 Å². The SMILES string of the molecule is Cc1c(O)c(O)c2ccccc2c1CCCCCCC(=O)O. The number of rotatable bonds is 7. The summed E-state index contributed by atoms with van der Waals surface area (Å²) in [6, 6.07) is 7.53. The average Bonchev–Trinajstić information content (AvgIpc) is 2.51. The van der Waals surface area contributed by atoms with Crippen LogP contribution in [0.1, 0.15) is 43.2 Å². The minimum absolute atomic E-state index is 0.0421. The summed E-state index contributed by atoms with van der Waals surface area (Å²) in [5.41, 5.74) is 1.78. The summed E-state index contributed by atoms with van der Waals surface area (Å²) in [6.07, 6.45) is 4.54. The number of phenolic OH excluding ortho intramolecular Hbond substituents is 2. The fourth-order valence-electron chi connectivity index (χ4n) is 2.86. The van der Waals surface area contributed by atoms with Crippen LogP contribution in [0, 0.1) is 6.92 Å². The van der Waals surface area contributed by atoms with Crippen molar-refractivity contribution in [1.82, 2.24) is 0 Å². The molecule has 0 fully saturated rings. The molecule has 2 aromatic rings. The van der Waals surface area contributed by atoms with Crippen molar-refractivity contribution >= 4 is 16.7 Å². The third-order valence-corrected chi connectivity index (χ3v) is 4.11. The van der Waals surface area contributed by atoms with Crippen LogP contribution in [0.15, 0.2) is 24.3 Å². The van der Waals surface area contributed by atoms with Gasteiger partial charge in [-0.1, -0.05) is 37.1 Å². The number of carbonyl (C=O) groups is 1. The van der Waals surface area contributed by atoms with Crippen molar-refractivity contribution in [2.75, 3.05) is 0 Å². The van der Waals surface area contributed by atoms with Crippen LogP contribution in [0.3, 0.4) is 0 Å². The number of phenols is 2. The van der Waals surface area contributed by atoms with Crippen molar-refractivity contribution in [2.45, 2.75) is 45.4 Å². The molecule has 0 atom stereocenters. The Kier molecular flexibility index (Phi) is 5.26. The number of aromatic hydroxyl groups is 2. The predicted octanol–water partition coefficient (Wildman–Crippen LogP) is 4.14. The summed E-state index contributed by atoms with van der Waals surface area (Å²) in [6.45, 7) is 1.82. The van der Waals surface area contributed by atoms with Crippen LogP contribution in [-0.2, 0) is 11.2 Å². The Labute approximate surface area is 130 Å². The van der Waals surface area contributed by atoms with Gasteiger partial charge in [0, 0.05) is 11.8 Å². The van der Waals surface area contributed by atoms with Gasteiger partial charge in [0.05, 0.1) is 0 Å². The second-order valence-electron chi connectivity index (χ2n) is 5.65. The smallest absolute Gasteiger partial charge is 0.303 e. The molecule has 3 N–H and O–H groups in total. The first-order valence-electron chi connectivity index (χ1n) is 7.66. The fraction of sp³-hybridized carbons (Fsp3) is 0.389. The van der Waals surface area contributed by atoms with E-state index in [4.69, 9.17) is 5.11 Å². The molecule has 2 aromatic carbocycles. The molecule has 0 saturated carbocycles. The molecule has 0 aliphatic rings. The molecule has 0 bridgehead atoms. The summed E-state index contributed by atoms with van der Waals surface area (Å²) < 4.78 is 0. The van der Waals surface area contributed by atoms with Gasteiger partial charge in [0.15, 0.2) is 11.5 Å². The molecule has 2 rings (SSSR count). The maximum atomic E-state index is 10.5. The number of benzene rings is 2. The molecule has 4 heteroatoms. The van der Waals surface area contributed by atoms with E-state index in [0.29, 0.717) is 11.8 Å². The summed E-state index contributed by atoms with van der Waals surface area (Å²) in [7, 11) is 0. The number of carboxylic acid groups (broad SMARTS) is 1. The Balaban J connectivity index is 2.09. The highest BCUT2D eigenvalue weighted by atomic mass is 16.4. The lowest BCUT2D eigenvalue weighted by atomic mass is 9.93. The van der Waals surface area contributed by atoms with E-state index in [2.05, 4.69) is 0 Å². The van der Waals surface area contributed by atoms with Gasteiger partial charge in [-0.05, 0) is 42.7 Å². The lowest BCUT2D eigenvalue weighted by Crippen LogP contribution is -1.96. The summed E-state index contributed by atoms with van der Waals surface area (Å²) in [4.78, 5) is 10.5. The normalized spacial score (nSPS) is 11.0. The monoisotopic (exact) mass is 302 g/mol. The van der Waals surface area contributed by atoms with Gasteiger partial charge in [-0.15, -0.1) is 0 Å². The molecular weight excluding hydrogens is 280 g/mol. The lowest BCUT2D eigenvalue weighted by Gasteiger charge is -2.14. The number of hydrogen-bond donors (Lipinski definition) is 3. The van der Waals surface area contributed by atoms with Gasteiger partial charge in [-0.2, -0.15) is 0 Å². The highest BCUT2D eigenvalue weighted by molar-refractivity contribution is 5.94.